The number of hydrogen-bond donors (Lipinski definition) is 2. The van der Waals surface area contributed by atoms with Crippen LogP contribution >= 0.6 is 0 Å². The zero-order valence-electron chi connectivity index (χ0n) is 11.2. The smallest absolute Gasteiger partial charge is 0.320 e. The summed E-state index contributed by atoms with van der Waals surface area (Å²) in [6.07, 6.45) is 8.15. The minimum Gasteiger partial charge on any atom is -0.480 e. The Bertz CT molecular complexity index is 363. The van der Waals surface area contributed by atoms with Crippen molar-refractivity contribution in [3.63, 3.8) is 0 Å². The molecule has 2 N–H and O–H groups in total. The molecule has 0 bridgehead atoms. The summed E-state index contributed by atoms with van der Waals surface area (Å²) in [6.45, 7) is 0. The van der Waals surface area contributed by atoms with Crippen LogP contribution in [0, 0.1) is 0 Å². The van der Waals surface area contributed by atoms with Crippen molar-refractivity contribution in [2.75, 3.05) is 0 Å². The van der Waals surface area contributed by atoms with Crippen LogP contribution in [-0.4, -0.2) is 46.1 Å². The lowest BCUT2D eigenvalue weighted by Crippen LogP contribution is -2.57. The molecule has 0 spiro atoms. The third kappa shape index (κ3) is 2.36. The van der Waals surface area contributed by atoms with Gasteiger partial charge in [0.1, 0.15) is 6.04 Å². The highest BCUT2D eigenvalue weighted by Crippen LogP contribution is 2.35. The molecule has 1 aliphatic heterocycles. The molecule has 0 aromatic heterocycles. The lowest BCUT2D eigenvalue weighted by molar-refractivity contribution is -0.143. The van der Waals surface area contributed by atoms with Crippen molar-refractivity contribution in [3.8, 4) is 0 Å². The number of carbonyl (C=O) groups is 2. The van der Waals surface area contributed by atoms with E-state index in [2.05, 4.69) is 10.2 Å². The van der Waals surface area contributed by atoms with Gasteiger partial charge in [0.15, 0.2) is 0 Å². The average Bonchev–Trinajstić information content (AvgIpc) is 2.71. The summed E-state index contributed by atoms with van der Waals surface area (Å²) in [5.74, 6) is -0.688. The van der Waals surface area contributed by atoms with Crippen molar-refractivity contribution in [3.05, 3.63) is 0 Å². The van der Waals surface area contributed by atoms with E-state index in [1.165, 1.54) is 12.8 Å². The summed E-state index contributed by atoms with van der Waals surface area (Å²) in [6, 6.07) is 0.0211. The highest BCUT2D eigenvalue weighted by atomic mass is 16.4. The Balaban J connectivity index is 1.65. The molecule has 0 aromatic carbocycles. The van der Waals surface area contributed by atoms with E-state index in [1.54, 1.807) is 0 Å². The third-order valence-corrected chi connectivity index (χ3v) is 4.93. The van der Waals surface area contributed by atoms with Crippen LogP contribution < -0.4 is 5.32 Å². The molecule has 1 heterocycles. The molecule has 1 saturated heterocycles. The van der Waals surface area contributed by atoms with Crippen molar-refractivity contribution < 1.29 is 14.7 Å². The summed E-state index contributed by atoms with van der Waals surface area (Å²) in [4.78, 5) is 25.7. The van der Waals surface area contributed by atoms with E-state index in [0.717, 1.165) is 25.7 Å². The molecule has 5 nitrogen and oxygen atoms in total. The van der Waals surface area contributed by atoms with Gasteiger partial charge in [-0.2, -0.15) is 0 Å². The Kier molecular flexibility index (Phi) is 3.48. The van der Waals surface area contributed by atoms with Crippen LogP contribution in [-0.2, 0) is 9.59 Å². The van der Waals surface area contributed by atoms with E-state index in [1.807, 2.05) is 0 Å². The van der Waals surface area contributed by atoms with E-state index >= 15 is 0 Å². The lowest BCUT2D eigenvalue weighted by Gasteiger charge is -2.47. The molecule has 3 rings (SSSR count). The molecule has 2 saturated carbocycles. The van der Waals surface area contributed by atoms with Crippen LogP contribution in [0.4, 0.5) is 0 Å². The van der Waals surface area contributed by atoms with Crippen LogP contribution in [0.2, 0.25) is 0 Å². The van der Waals surface area contributed by atoms with Crippen molar-refractivity contribution in [1.29, 1.82) is 0 Å². The Morgan fingerprint density at radius 2 is 1.42 bits per heavy atom. The van der Waals surface area contributed by atoms with Gasteiger partial charge in [0, 0.05) is 12.1 Å². The average molecular weight is 266 g/mol. The molecule has 0 aromatic rings. The summed E-state index contributed by atoms with van der Waals surface area (Å²) < 4.78 is 0. The van der Waals surface area contributed by atoms with Gasteiger partial charge in [0.2, 0.25) is 5.91 Å². The molecule has 1 amide bonds. The second-order valence-electron chi connectivity index (χ2n) is 6.10. The molecule has 3 fully saturated rings. The first kappa shape index (κ1) is 12.9. The number of nitrogens with zero attached hydrogens (tertiary/aromatic N) is 1. The summed E-state index contributed by atoms with van der Waals surface area (Å²) in [5, 5.41) is 12.0. The van der Waals surface area contributed by atoms with Gasteiger partial charge in [-0.05, 0) is 51.4 Å². The lowest BCUT2D eigenvalue weighted by atomic mass is 9.84. The maximum Gasteiger partial charge on any atom is 0.320 e. The van der Waals surface area contributed by atoms with Crippen molar-refractivity contribution >= 4 is 11.9 Å². The maximum atomic E-state index is 12.7. The Hall–Kier alpha value is -1.10. The first-order valence-corrected chi connectivity index (χ1v) is 7.48. The second kappa shape index (κ2) is 5.12. The first-order valence-electron chi connectivity index (χ1n) is 7.48. The van der Waals surface area contributed by atoms with Gasteiger partial charge in [-0.1, -0.05) is 0 Å². The molecule has 0 unspecified atom stereocenters. The van der Waals surface area contributed by atoms with E-state index in [-0.39, 0.29) is 11.9 Å². The van der Waals surface area contributed by atoms with Crippen molar-refractivity contribution in [2.24, 2.45) is 0 Å². The van der Waals surface area contributed by atoms with Gasteiger partial charge in [-0.3, -0.25) is 14.9 Å². The largest absolute Gasteiger partial charge is 0.480 e. The van der Waals surface area contributed by atoms with Gasteiger partial charge >= 0.3 is 5.97 Å². The number of carbonyl (C=O) groups excluding carboxylic acids is 1. The van der Waals surface area contributed by atoms with Crippen molar-refractivity contribution in [1.82, 2.24) is 10.2 Å². The summed E-state index contributed by atoms with van der Waals surface area (Å²) in [5.41, 5.74) is 0. The summed E-state index contributed by atoms with van der Waals surface area (Å²) >= 11 is 0. The Labute approximate surface area is 113 Å². The third-order valence-electron chi connectivity index (χ3n) is 4.93. The molecular weight excluding hydrogens is 244 g/mol. The zero-order chi connectivity index (χ0) is 13.4. The molecule has 19 heavy (non-hydrogen) atoms. The predicted molar refractivity (Wildman–Crippen MR) is 69.7 cm³/mol. The Morgan fingerprint density at radius 3 is 1.79 bits per heavy atom. The zero-order valence-corrected chi connectivity index (χ0v) is 11.2. The maximum absolute atomic E-state index is 12.7. The molecule has 3 aliphatic rings. The fourth-order valence-electron chi connectivity index (χ4n) is 3.30. The van der Waals surface area contributed by atoms with Crippen LogP contribution in [0.3, 0.4) is 0 Å². The Morgan fingerprint density at radius 1 is 0.895 bits per heavy atom. The van der Waals surface area contributed by atoms with Crippen LogP contribution in [0.1, 0.15) is 51.4 Å². The van der Waals surface area contributed by atoms with E-state index < -0.39 is 12.0 Å². The molecule has 106 valence electrons. The SMILES string of the molecule is O=C(O)[C@@H]1CC[C@@H](C(=O)N(C2CCC2)C2CCC2)N1. The topological polar surface area (TPSA) is 69.6 Å². The molecular formula is C14H22N2O3. The van der Waals surface area contributed by atoms with Gasteiger partial charge < -0.3 is 10.0 Å². The number of aliphatic carboxylic acids is 1. The van der Waals surface area contributed by atoms with Gasteiger partial charge in [-0.15, -0.1) is 0 Å². The van der Waals surface area contributed by atoms with Gasteiger partial charge in [-0.25, -0.2) is 0 Å². The number of carboxylic acids is 1. The number of rotatable bonds is 4. The normalized spacial score (nSPS) is 31.6. The molecule has 5 heteroatoms. The second-order valence-corrected chi connectivity index (χ2v) is 6.10. The van der Waals surface area contributed by atoms with Crippen LogP contribution in [0.25, 0.3) is 0 Å². The standard InChI is InChI=1S/C14H22N2O3/c17-13(11-7-8-12(15-11)14(18)19)16(9-3-1-4-9)10-5-2-6-10/h9-12,15H,1-8H2,(H,18,19)/t11-,12-/m0/s1. The highest BCUT2D eigenvalue weighted by Gasteiger charge is 2.42. The number of hydrogen-bond acceptors (Lipinski definition) is 3. The fraction of sp³-hybridized carbons (Fsp3) is 0.857. The van der Waals surface area contributed by atoms with Crippen LogP contribution in [0.5, 0.6) is 0 Å². The molecule has 2 aliphatic carbocycles. The van der Waals surface area contributed by atoms with E-state index in [0.29, 0.717) is 24.9 Å². The fourth-order valence-corrected chi connectivity index (χ4v) is 3.30. The highest BCUT2D eigenvalue weighted by molar-refractivity contribution is 5.85. The number of carboxylic acid groups (broad SMARTS) is 1. The van der Waals surface area contributed by atoms with Crippen LogP contribution in [0.15, 0.2) is 0 Å². The first-order chi connectivity index (χ1) is 9.16. The van der Waals surface area contributed by atoms with Crippen molar-refractivity contribution in [2.45, 2.75) is 75.5 Å². The number of amides is 1. The van der Waals surface area contributed by atoms with Gasteiger partial charge in [0.05, 0.1) is 6.04 Å². The number of nitrogens with one attached hydrogen (secondary N) is 1. The summed E-state index contributed by atoms with van der Waals surface area (Å²) in [7, 11) is 0. The van der Waals surface area contributed by atoms with E-state index in [9.17, 15) is 9.59 Å². The quantitative estimate of drug-likeness (QED) is 0.800. The molecule has 2 atom stereocenters. The minimum absolute atomic E-state index is 0.151. The monoisotopic (exact) mass is 266 g/mol. The predicted octanol–water partition coefficient (Wildman–Crippen LogP) is 1.13. The van der Waals surface area contributed by atoms with Gasteiger partial charge in [0.25, 0.3) is 0 Å². The minimum atomic E-state index is -0.839. The molecule has 0 radical (unpaired) electrons. The van der Waals surface area contributed by atoms with E-state index in [4.69, 9.17) is 5.11 Å².